The van der Waals surface area contributed by atoms with E-state index >= 15 is 0 Å². The molecule has 3 nitrogen and oxygen atoms in total. The zero-order chi connectivity index (χ0) is 12.6. The van der Waals surface area contributed by atoms with Crippen LogP contribution in [-0.2, 0) is 6.18 Å². The maximum absolute atomic E-state index is 12.4. The van der Waals surface area contributed by atoms with Gasteiger partial charge in [-0.15, -0.1) is 11.8 Å². The van der Waals surface area contributed by atoms with Crippen LogP contribution in [-0.4, -0.2) is 16.2 Å². The zero-order valence-electron chi connectivity index (χ0n) is 8.63. The number of rotatable bonds is 1. The Labute approximate surface area is 98.1 Å². The first kappa shape index (κ1) is 12.0. The van der Waals surface area contributed by atoms with Gasteiger partial charge in [0.25, 0.3) is 5.56 Å². The Balaban J connectivity index is 2.73. The molecule has 0 amide bonds. The molecule has 0 atom stereocenters. The third-order valence-electron chi connectivity index (χ3n) is 2.18. The van der Waals surface area contributed by atoms with Gasteiger partial charge in [0.1, 0.15) is 0 Å². The topological polar surface area (TPSA) is 45.8 Å². The summed E-state index contributed by atoms with van der Waals surface area (Å²) in [5, 5.41) is 0.157. The molecule has 0 unspecified atom stereocenters. The van der Waals surface area contributed by atoms with E-state index in [1.54, 1.807) is 11.1 Å². The minimum absolute atomic E-state index is 0.0406. The van der Waals surface area contributed by atoms with Crippen LogP contribution in [0.1, 0.15) is 5.82 Å². The number of aromatic nitrogens is 2. The summed E-state index contributed by atoms with van der Waals surface area (Å²) in [7, 11) is 0. The Morgan fingerprint density at radius 2 is 2.06 bits per heavy atom. The van der Waals surface area contributed by atoms with Crippen molar-refractivity contribution in [3.8, 4) is 0 Å². The molecule has 0 saturated carbocycles. The first-order valence-corrected chi connectivity index (χ1v) is 5.79. The van der Waals surface area contributed by atoms with Crippen LogP contribution < -0.4 is 5.56 Å². The van der Waals surface area contributed by atoms with Gasteiger partial charge in [0.2, 0.25) is 5.82 Å². The minimum atomic E-state index is -4.65. The lowest BCUT2D eigenvalue weighted by atomic mass is 10.2. The predicted molar refractivity (Wildman–Crippen MR) is 59.1 cm³/mol. The molecular weight excluding hydrogens is 253 g/mol. The van der Waals surface area contributed by atoms with Crippen molar-refractivity contribution >= 4 is 22.7 Å². The van der Waals surface area contributed by atoms with Crippen molar-refractivity contribution in [2.75, 3.05) is 6.26 Å². The van der Waals surface area contributed by atoms with Crippen LogP contribution in [0.15, 0.2) is 27.9 Å². The van der Waals surface area contributed by atoms with Crippen LogP contribution in [0, 0.1) is 0 Å². The number of halogens is 3. The van der Waals surface area contributed by atoms with Crippen molar-refractivity contribution in [3.63, 3.8) is 0 Å². The van der Waals surface area contributed by atoms with Crippen LogP contribution >= 0.6 is 11.8 Å². The van der Waals surface area contributed by atoms with E-state index in [-0.39, 0.29) is 10.9 Å². The smallest absolute Gasteiger partial charge is 0.302 e. The van der Waals surface area contributed by atoms with Crippen molar-refractivity contribution in [1.82, 2.24) is 9.97 Å². The van der Waals surface area contributed by atoms with Crippen LogP contribution in [0.4, 0.5) is 13.2 Å². The second-order valence-corrected chi connectivity index (χ2v) is 4.18. The van der Waals surface area contributed by atoms with Crippen LogP contribution in [0.25, 0.3) is 10.9 Å². The molecule has 0 aliphatic carbocycles. The van der Waals surface area contributed by atoms with Gasteiger partial charge in [-0.25, -0.2) is 4.98 Å². The quantitative estimate of drug-likeness (QED) is 0.802. The summed E-state index contributed by atoms with van der Waals surface area (Å²) in [6.45, 7) is 0. The van der Waals surface area contributed by atoms with Gasteiger partial charge in [-0.3, -0.25) is 4.79 Å². The first-order chi connectivity index (χ1) is 7.91. The van der Waals surface area contributed by atoms with Gasteiger partial charge >= 0.3 is 6.18 Å². The van der Waals surface area contributed by atoms with E-state index < -0.39 is 17.6 Å². The molecule has 0 fully saturated rings. The monoisotopic (exact) mass is 260 g/mol. The Morgan fingerprint density at radius 3 is 2.65 bits per heavy atom. The van der Waals surface area contributed by atoms with Crippen molar-refractivity contribution < 1.29 is 13.2 Å². The molecule has 0 spiro atoms. The van der Waals surface area contributed by atoms with E-state index in [1.807, 2.05) is 6.26 Å². The number of thioether (sulfide) groups is 1. The second kappa shape index (κ2) is 4.06. The largest absolute Gasteiger partial charge is 0.449 e. The van der Waals surface area contributed by atoms with Gasteiger partial charge in [-0.05, 0) is 24.5 Å². The molecule has 2 rings (SSSR count). The lowest BCUT2D eigenvalue weighted by Gasteiger charge is -2.06. The Bertz CT molecular complexity index is 621. The van der Waals surface area contributed by atoms with Crippen molar-refractivity contribution in [2.45, 2.75) is 11.1 Å². The first-order valence-electron chi connectivity index (χ1n) is 4.57. The molecule has 17 heavy (non-hydrogen) atoms. The van der Waals surface area contributed by atoms with Gasteiger partial charge in [-0.1, -0.05) is 0 Å². The lowest BCUT2D eigenvalue weighted by Crippen LogP contribution is -2.19. The van der Waals surface area contributed by atoms with Gasteiger partial charge in [-0.2, -0.15) is 13.2 Å². The van der Waals surface area contributed by atoms with Gasteiger partial charge < -0.3 is 4.98 Å². The Morgan fingerprint density at radius 1 is 1.35 bits per heavy atom. The molecular formula is C10H7F3N2OS. The second-order valence-electron chi connectivity index (χ2n) is 3.30. The number of nitrogens with zero attached hydrogens (tertiary/aromatic N) is 1. The maximum Gasteiger partial charge on any atom is 0.449 e. The molecule has 2 aromatic rings. The van der Waals surface area contributed by atoms with Gasteiger partial charge in [0.05, 0.1) is 10.9 Å². The van der Waals surface area contributed by atoms with Crippen LogP contribution in [0.3, 0.4) is 0 Å². The highest BCUT2D eigenvalue weighted by Crippen LogP contribution is 2.26. The maximum atomic E-state index is 12.4. The fraction of sp³-hybridized carbons (Fsp3) is 0.200. The fourth-order valence-electron chi connectivity index (χ4n) is 1.38. The SMILES string of the molecule is CSc1ccc2nc(C(F)(F)F)[nH]c(=O)c2c1. The van der Waals surface area contributed by atoms with Crippen LogP contribution in [0.2, 0.25) is 0 Å². The van der Waals surface area contributed by atoms with Crippen LogP contribution in [0.5, 0.6) is 0 Å². The third-order valence-corrected chi connectivity index (χ3v) is 2.91. The number of H-pyrrole nitrogens is 1. The number of hydrogen-bond acceptors (Lipinski definition) is 3. The highest BCUT2D eigenvalue weighted by atomic mass is 32.2. The summed E-state index contributed by atoms with van der Waals surface area (Å²) in [6, 6.07) is 4.55. The summed E-state index contributed by atoms with van der Waals surface area (Å²) in [5.41, 5.74) is -0.739. The average Bonchev–Trinajstić information content (AvgIpc) is 2.27. The molecule has 1 aromatic carbocycles. The standard InChI is InChI=1S/C10H7F3N2OS/c1-17-5-2-3-7-6(4-5)8(16)15-9(14-7)10(11,12)13/h2-4H,1H3,(H,14,15,16). The fourth-order valence-corrected chi connectivity index (χ4v) is 1.82. The van der Waals surface area contributed by atoms with Crippen molar-refractivity contribution in [2.24, 2.45) is 0 Å². The summed E-state index contributed by atoms with van der Waals surface area (Å²) < 4.78 is 37.2. The van der Waals surface area contributed by atoms with E-state index in [0.717, 1.165) is 4.90 Å². The van der Waals surface area contributed by atoms with E-state index in [0.29, 0.717) is 0 Å². The van der Waals surface area contributed by atoms with Gasteiger partial charge in [0.15, 0.2) is 0 Å². The number of fused-ring (bicyclic) bond motifs is 1. The number of aromatic amines is 1. The molecule has 1 aromatic heterocycles. The Hall–Kier alpha value is -1.50. The predicted octanol–water partition coefficient (Wildman–Crippen LogP) is 2.66. The summed E-state index contributed by atoms with van der Waals surface area (Å²) in [6.07, 6.45) is -2.83. The molecule has 0 saturated heterocycles. The summed E-state index contributed by atoms with van der Waals surface area (Å²) in [4.78, 5) is 17.4. The number of benzene rings is 1. The van der Waals surface area contributed by atoms with Crippen molar-refractivity contribution in [3.05, 3.63) is 34.4 Å². The molecule has 7 heteroatoms. The molecule has 90 valence electrons. The van der Waals surface area contributed by atoms with E-state index in [1.165, 1.54) is 23.9 Å². The Kier molecular flexibility index (Phi) is 2.86. The molecule has 0 aliphatic rings. The average molecular weight is 260 g/mol. The number of hydrogen-bond donors (Lipinski definition) is 1. The number of nitrogens with one attached hydrogen (secondary N) is 1. The highest BCUT2D eigenvalue weighted by molar-refractivity contribution is 7.98. The molecule has 1 N–H and O–H groups in total. The molecule has 0 aliphatic heterocycles. The van der Waals surface area contributed by atoms with E-state index in [4.69, 9.17) is 0 Å². The lowest BCUT2D eigenvalue weighted by molar-refractivity contribution is -0.144. The zero-order valence-corrected chi connectivity index (χ0v) is 9.45. The molecule has 1 heterocycles. The minimum Gasteiger partial charge on any atom is -0.302 e. The summed E-state index contributed by atoms with van der Waals surface area (Å²) >= 11 is 1.40. The highest BCUT2D eigenvalue weighted by Gasteiger charge is 2.34. The van der Waals surface area contributed by atoms with E-state index in [9.17, 15) is 18.0 Å². The number of alkyl halides is 3. The molecule has 0 bridgehead atoms. The summed E-state index contributed by atoms with van der Waals surface area (Å²) in [5.74, 6) is -1.27. The third kappa shape index (κ3) is 2.28. The van der Waals surface area contributed by atoms with Gasteiger partial charge in [0, 0.05) is 4.90 Å². The molecule has 0 radical (unpaired) electrons. The van der Waals surface area contributed by atoms with E-state index in [2.05, 4.69) is 4.98 Å². The normalized spacial score (nSPS) is 12.0. The van der Waals surface area contributed by atoms with Crippen molar-refractivity contribution in [1.29, 1.82) is 0 Å².